The van der Waals surface area contributed by atoms with Gasteiger partial charge in [-0.25, -0.2) is 12.8 Å². The standard InChI is InChI=1S/C13H12FNO2S2/c1-19(16,17)13-4-2-11(3-5-13)18-12-7-9(14)6-10(15)8-12/h2-8H,15H2,1H3. The molecule has 0 saturated heterocycles. The average molecular weight is 297 g/mol. The molecule has 0 aliphatic heterocycles. The van der Waals surface area contributed by atoms with Gasteiger partial charge in [0.05, 0.1) is 4.90 Å². The van der Waals surface area contributed by atoms with Gasteiger partial charge in [-0.1, -0.05) is 11.8 Å². The Labute approximate surface area is 115 Å². The minimum Gasteiger partial charge on any atom is -0.399 e. The number of hydrogen-bond acceptors (Lipinski definition) is 4. The van der Waals surface area contributed by atoms with Gasteiger partial charge in [-0.15, -0.1) is 0 Å². The number of anilines is 1. The van der Waals surface area contributed by atoms with Crippen LogP contribution in [-0.2, 0) is 9.84 Å². The maximum absolute atomic E-state index is 13.2. The van der Waals surface area contributed by atoms with Gasteiger partial charge in [0, 0.05) is 21.7 Å². The smallest absolute Gasteiger partial charge is 0.175 e. The lowest BCUT2D eigenvalue weighted by Crippen LogP contribution is -1.95. The van der Waals surface area contributed by atoms with Crippen molar-refractivity contribution in [2.45, 2.75) is 14.7 Å². The molecule has 2 aromatic carbocycles. The molecule has 19 heavy (non-hydrogen) atoms. The number of rotatable bonds is 3. The Balaban J connectivity index is 2.24. The molecule has 0 fully saturated rings. The molecule has 0 unspecified atom stereocenters. The van der Waals surface area contributed by atoms with E-state index < -0.39 is 15.7 Å². The first kappa shape index (κ1) is 13.9. The Kier molecular flexibility index (Phi) is 3.82. The minimum absolute atomic E-state index is 0.260. The van der Waals surface area contributed by atoms with Gasteiger partial charge in [0.2, 0.25) is 0 Å². The van der Waals surface area contributed by atoms with Gasteiger partial charge in [-0.3, -0.25) is 0 Å². The van der Waals surface area contributed by atoms with Crippen molar-refractivity contribution in [2.24, 2.45) is 0 Å². The highest BCUT2D eigenvalue weighted by Crippen LogP contribution is 2.30. The fourth-order valence-corrected chi connectivity index (χ4v) is 3.08. The Morgan fingerprint density at radius 3 is 2.21 bits per heavy atom. The molecule has 0 saturated carbocycles. The molecular formula is C13H12FNO2S2. The second-order valence-corrected chi connectivity index (χ2v) is 7.23. The summed E-state index contributed by atoms with van der Waals surface area (Å²) in [4.78, 5) is 1.75. The largest absolute Gasteiger partial charge is 0.399 e. The summed E-state index contributed by atoms with van der Waals surface area (Å²) in [5.74, 6) is -0.393. The first-order valence-corrected chi connectivity index (χ1v) is 8.09. The van der Waals surface area contributed by atoms with Crippen LogP contribution >= 0.6 is 11.8 Å². The summed E-state index contributed by atoms with van der Waals surface area (Å²) in [7, 11) is -3.20. The molecule has 0 radical (unpaired) electrons. The molecule has 0 aromatic heterocycles. The molecule has 0 atom stereocenters. The molecule has 0 aliphatic carbocycles. The Bertz CT molecular complexity index is 677. The van der Waals surface area contributed by atoms with Gasteiger partial charge in [-0.2, -0.15) is 0 Å². The topological polar surface area (TPSA) is 60.2 Å². The van der Waals surface area contributed by atoms with E-state index in [0.29, 0.717) is 10.6 Å². The van der Waals surface area contributed by atoms with Crippen molar-refractivity contribution < 1.29 is 12.8 Å². The van der Waals surface area contributed by atoms with E-state index in [1.807, 2.05) is 0 Å². The number of sulfone groups is 1. The maximum atomic E-state index is 13.2. The predicted octanol–water partition coefficient (Wildman–Crippen LogP) is 2.96. The van der Waals surface area contributed by atoms with Crippen molar-refractivity contribution in [3.8, 4) is 0 Å². The van der Waals surface area contributed by atoms with Gasteiger partial charge < -0.3 is 5.73 Å². The molecule has 0 aliphatic rings. The third-order valence-electron chi connectivity index (χ3n) is 2.38. The zero-order chi connectivity index (χ0) is 14.0. The van der Waals surface area contributed by atoms with Crippen molar-refractivity contribution in [3.63, 3.8) is 0 Å². The fourth-order valence-electron chi connectivity index (χ4n) is 1.53. The van der Waals surface area contributed by atoms with E-state index in [1.54, 1.807) is 18.2 Å². The summed E-state index contributed by atoms with van der Waals surface area (Å²) < 4.78 is 35.8. The molecular weight excluding hydrogens is 285 g/mol. The molecule has 0 heterocycles. The number of nitrogens with two attached hydrogens (primary N) is 1. The van der Waals surface area contributed by atoms with E-state index in [4.69, 9.17) is 5.73 Å². The van der Waals surface area contributed by atoms with Crippen LogP contribution in [0.3, 0.4) is 0 Å². The lowest BCUT2D eigenvalue weighted by atomic mass is 10.3. The number of halogens is 1. The lowest BCUT2D eigenvalue weighted by molar-refractivity contribution is 0.602. The number of benzene rings is 2. The maximum Gasteiger partial charge on any atom is 0.175 e. The van der Waals surface area contributed by atoms with E-state index in [2.05, 4.69) is 0 Å². The van der Waals surface area contributed by atoms with Gasteiger partial charge in [0.15, 0.2) is 9.84 Å². The summed E-state index contributed by atoms with van der Waals surface area (Å²) in [6.45, 7) is 0. The van der Waals surface area contributed by atoms with Gasteiger partial charge in [0.1, 0.15) is 5.82 Å². The second-order valence-electron chi connectivity index (χ2n) is 4.07. The van der Waals surface area contributed by atoms with Crippen LogP contribution < -0.4 is 5.73 Å². The van der Waals surface area contributed by atoms with E-state index in [0.717, 1.165) is 11.2 Å². The molecule has 100 valence electrons. The normalized spacial score (nSPS) is 11.5. The van der Waals surface area contributed by atoms with Crippen molar-refractivity contribution in [3.05, 3.63) is 48.3 Å². The highest BCUT2D eigenvalue weighted by molar-refractivity contribution is 7.99. The zero-order valence-corrected chi connectivity index (χ0v) is 11.8. The Morgan fingerprint density at radius 1 is 1.05 bits per heavy atom. The van der Waals surface area contributed by atoms with Crippen molar-refractivity contribution in [1.82, 2.24) is 0 Å². The van der Waals surface area contributed by atoms with Crippen LogP contribution in [0.2, 0.25) is 0 Å². The summed E-state index contributed by atoms with van der Waals surface area (Å²) in [5, 5.41) is 0. The molecule has 3 nitrogen and oxygen atoms in total. The molecule has 2 N–H and O–H groups in total. The van der Waals surface area contributed by atoms with Crippen molar-refractivity contribution in [1.29, 1.82) is 0 Å². The van der Waals surface area contributed by atoms with Crippen molar-refractivity contribution >= 4 is 27.3 Å². The van der Waals surface area contributed by atoms with Crippen LogP contribution in [0.15, 0.2) is 57.2 Å². The Hall–Kier alpha value is -1.53. The summed E-state index contributed by atoms with van der Waals surface area (Å²) in [6, 6.07) is 10.7. The van der Waals surface area contributed by atoms with Gasteiger partial charge in [-0.05, 0) is 42.5 Å². The minimum atomic E-state index is -3.20. The molecule has 0 amide bonds. The van der Waals surface area contributed by atoms with Crippen LogP contribution in [0.25, 0.3) is 0 Å². The number of nitrogen functional groups attached to an aromatic ring is 1. The quantitative estimate of drug-likeness (QED) is 0.885. The van der Waals surface area contributed by atoms with E-state index >= 15 is 0 Å². The van der Waals surface area contributed by atoms with Crippen LogP contribution in [-0.4, -0.2) is 14.7 Å². The van der Waals surface area contributed by atoms with Crippen LogP contribution in [0.4, 0.5) is 10.1 Å². The van der Waals surface area contributed by atoms with Crippen LogP contribution in [0.1, 0.15) is 0 Å². The fraction of sp³-hybridized carbons (Fsp3) is 0.0769. The lowest BCUT2D eigenvalue weighted by Gasteiger charge is -2.04. The van der Waals surface area contributed by atoms with Gasteiger partial charge in [0.25, 0.3) is 0 Å². The first-order valence-electron chi connectivity index (χ1n) is 5.39. The highest BCUT2D eigenvalue weighted by Gasteiger charge is 2.07. The highest BCUT2D eigenvalue weighted by atomic mass is 32.2. The second kappa shape index (κ2) is 5.22. The predicted molar refractivity (Wildman–Crippen MR) is 74.5 cm³/mol. The average Bonchev–Trinajstić information content (AvgIpc) is 2.26. The molecule has 0 spiro atoms. The molecule has 2 rings (SSSR count). The molecule has 0 bridgehead atoms. The molecule has 6 heteroatoms. The van der Waals surface area contributed by atoms with Crippen LogP contribution in [0.5, 0.6) is 0 Å². The summed E-state index contributed by atoms with van der Waals surface area (Å²) in [6.07, 6.45) is 1.16. The Morgan fingerprint density at radius 2 is 1.68 bits per heavy atom. The zero-order valence-electron chi connectivity index (χ0n) is 10.1. The number of hydrogen-bond donors (Lipinski definition) is 1. The van der Waals surface area contributed by atoms with E-state index in [1.165, 1.54) is 36.0 Å². The first-order chi connectivity index (χ1) is 8.84. The SMILES string of the molecule is CS(=O)(=O)c1ccc(Sc2cc(N)cc(F)c2)cc1. The van der Waals surface area contributed by atoms with Crippen molar-refractivity contribution in [2.75, 3.05) is 12.0 Å². The third-order valence-corrected chi connectivity index (χ3v) is 4.49. The van der Waals surface area contributed by atoms with Gasteiger partial charge >= 0.3 is 0 Å². The monoisotopic (exact) mass is 297 g/mol. The van der Waals surface area contributed by atoms with E-state index in [-0.39, 0.29) is 4.90 Å². The molecule has 2 aromatic rings. The third kappa shape index (κ3) is 3.71. The van der Waals surface area contributed by atoms with Crippen LogP contribution in [0, 0.1) is 5.82 Å². The van der Waals surface area contributed by atoms with E-state index in [9.17, 15) is 12.8 Å². The summed E-state index contributed by atoms with van der Waals surface area (Å²) in [5.41, 5.74) is 5.92. The summed E-state index contributed by atoms with van der Waals surface area (Å²) >= 11 is 1.32.